The molecule has 0 rings (SSSR count). The van der Waals surface area contributed by atoms with Crippen LogP contribution in [0.3, 0.4) is 0 Å². The van der Waals surface area contributed by atoms with E-state index in [2.05, 4.69) is 0 Å². The molecule has 0 aromatic heterocycles. The largest absolute Gasteiger partial charge is 0.326 e. The zero-order valence-corrected chi connectivity index (χ0v) is 9.98. The van der Waals surface area contributed by atoms with Gasteiger partial charge < -0.3 is 5.73 Å². The van der Waals surface area contributed by atoms with Crippen LogP contribution in [0.25, 0.3) is 0 Å². The third-order valence-corrected chi connectivity index (χ3v) is 4.71. The molecule has 0 radical (unpaired) electrons. The second-order valence-electron chi connectivity index (χ2n) is 4.55. The number of rotatable bonds is 3. The molecule has 0 aliphatic heterocycles. The summed E-state index contributed by atoms with van der Waals surface area (Å²) in [6, 6.07) is -0.308. The molecule has 0 saturated heterocycles. The molecule has 2 atom stereocenters. The van der Waals surface area contributed by atoms with E-state index in [-0.39, 0.29) is 17.2 Å². The van der Waals surface area contributed by atoms with Crippen molar-refractivity contribution in [3.8, 4) is 0 Å². The average molecular weight is 207 g/mol. The number of hydrogen-bond donors (Lipinski definition) is 1. The first-order chi connectivity index (χ1) is 5.63. The van der Waals surface area contributed by atoms with E-state index in [9.17, 15) is 8.42 Å². The maximum absolute atomic E-state index is 11.5. The molecule has 0 aliphatic rings. The van der Waals surface area contributed by atoms with Crippen molar-refractivity contribution in [3.05, 3.63) is 0 Å². The highest BCUT2D eigenvalue weighted by atomic mass is 32.2. The summed E-state index contributed by atoms with van der Waals surface area (Å²) in [5, 5.41) is -0.461. The van der Waals surface area contributed by atoms with Gasteiger partial charge in [-0.25, -0.2) is 8.42 Å². The van der Waals surface area contributed by atoms with E-state index in [1.807, 2.05) is 20.8 Å². The summed E-state index contributed by atoms with van der Waals surface area (Å²) in [5.41, 5.74) is 5.71. The van der Waals surface area contributed by atoms with E-state index in [0.717, 1.165) is 0 Å². The SMILES string of the molecule is CCS(=O)(=O)[C@@H](C)[C@@H](N)C(C)(C)C. The van der Waals surface area contributed by atoms with Crippen LogP contribution in [0.15, 0.2) is 0 Å². The van der Waals surface area contributed by atoms with Gasteiger partial charge in [-0.1, -0.05) is 27.7 Å². The molecule has 3 nitrogen and oxygen atoms in total. The van der Waals surface area contributed by atoms with Crippen LogP contribution >= 0.6 is 0 Å². The van der Waals surface area contributed by atoms with Gasteiger partial charge in [0, 0.05) is 11.8 Å². The molecule has 0 saturated carbocycles. The van der Waals surface area contributed by atoms with Crippen molar-refractivity contribution in [2.45, 2.75) is 45.9 Å². The average Bonchev–Trinajstić information content (AvgIpc) is 2.00. The van der Waals surface area contributed by atoms with Gasteiger partial charge in [0.1, 0.15) is 0 Å². The molecule has 0 heterocycles. The van der Waals surface area contributed by atoms with Crippen LogP contribution in [-0.2, 0) is 9.84 Å². The molecule has 80 valence electrons. The normalized spacial score (nSPS) is 18.3. The Balaban J connectivity index is 4.73. The van der Waals surface area contributed by atoms with Gasteiger partial charge in [0.2, 0.25) is 0 Å². The van der Waals surface area contributed by atoms with E-state index in [1.165, 1.54) is 0 Å². The van der Waals surface area contributed by atoms with Gasteiger partial charge in [-0.2, -0.15) is 0 Å². The Morgan fingerprint density at radius 1 is 1.31 bits per heavy atom. The molecule has 13 heavy (non-hydrogen) atoms. The lowest BCUT2D eigenvalue weighted by atomic mass is 9.86. The summed E-state index contributed by atoms with van der Waals surface area (Å²) < 4.78 is 23.0. The fourth-order valence-electron chi connectivity index (χ4n) is 1.19. The van der Waals surface area contributed by atoms with Gasteiger partial charge in [0.15, 0.2) is 9.84 Å². The van der Waals surface area contributed by atoms with Gasteiger partial charge in [0.25, 0.3) is 0 Å². The fourth-order valence-corrected chi connectivity index (χ4v) is 2.57. The summed E-state index contributed by atoms with van der Waals surface area (Å²) >= 11 is 0. The van der Waals surface area contributed by atoms with Crippen molar-refractivity contribution < 1.29 is 8.42 Å². The second-order valence-corrected chi connectivity index (χ2v) is 7.20. The zero-order chi connectivity index (χ0) is 10.9. The van der Waals surface area contributed by atoms with Crippen LogP contribution in [0.4, 0.5) is 0 Å². The highest BCUT2D eigenvalue weighted by Crippen LogP contribution is 2.23. The third-order valence-electron chi connectivity index (χ3n) is 2.47. The summed E-state index contributed by atoms with van der Waals surface area (Å²) in [5.74, 6) is 0.165. The minimum Gasteiger partial charge on any atom is -0.326 e. The van der Waals surface area contributed by atoms with Crippen LogP contribution < -0.4 is 5.73 Å². The predicted octanol–water partition coefficient (Wildman–Crippen LogP) is 1.18. The minimum atomic E-state index is -3.01. The molecule has 0 aromatic carbocycles. The first kappa shape index (κ1) is 12.9. The quantitative estimate of drug-likeness (QED) is 0.756. The molecular formula is C9H21NO2S. The number of nitrogens with two attached hydrogens (primary N) is 1. The molecule has 0 bridgehead atoms. The predicted molar refractivity (Wildman–Crippen MR) is 56.4 cm³/mol. The van der Waals surface area contributed by atoms with Crippen LogP contribution in [0.2, 0.25) is 0 Å². The Morgan fingerprint density at radius 3 is 1.92 bits per heavy atom. The van der Waals surface area contributed by atoms with Gasteiger partial charge >= 0.3 is 0 Å². The zero-order valence-electron chi connectivity index (χ0n) is 9.16. The van der Waals surface area contributed by atoms with E-state index < -0.39 is 15.1 Å². The van der Waals surface area contributed by atoms with Gasteiger partial charge in [-0.05, 0) is 12.3 Å². The standard InChI is InChI=1S/C9H21NO2S/c1-6-13(11,12)7(2)8(10)9(3,4)5/h7-8H,6,10H2,1-5H3/t7-,8+/m0/s1. The molecule has 0 unspecified atom stereocenters. The summed E-state index contributed by atoms with van der Waals surface area (Å²) in [6.45, 7) is 9.22. The van der Waals surface area contributed by atoms with Crippen LogP contribution in [0, 0.1) is 5.41 Å². The summed E-state index contributed by atoms with van der Waals surface area (Å²) in [6.07, 6.45) is 0. The Morgan fingerprint density at radius 2 is 1.69 bits per heavy atom. The molecule has 0 fully saturated rings. The first-order valence-corrected chi connectivity index (χ1v) is 6.31. The van der Waals surface area contributed by atoms with Crippen molar-refractivity contribution >= 4 is 9.84 Å². The fraction of sp³-hybridized carbons (Fsp3) is 1.00. The van der Waals surface area contributed by atoms with E-state index in [0.29, 0.717) is 0 Å². The Kier molecular flexibility index (Phi) is 3.94. The third kappa shape index (κ3) is 3.27. The monoisotopic (exact) mass is 207 g/mol. The lowest BCUT2D eigenvalue weighted by molar-refractivity contribution is 0.313. The Bertz CT molecular complexity index is 251. The number of hydrogen-bond acceptors (Lipinski definition) is 3. The maximum atomic E-state index is 11.5. The highest BCUT2D eigenvalue weighted by Gasteiger charge is 2.33. The lowest BCUT2D eigenvalue weighted by Gasteiger charge is -2.31. The van der Waals surface area contributed by atoms with E-state index in [1.54, 1.807) is 13.8 Å². The van der Waals surface area contributed by atoms with Crippen molar-refractivity contribution in [2.75, 3.05) is 5.75 Å². The van der Waals surface area contributed by atoms with E-state index >= 15 is 0 Å². The van der Waals surface area contributed by atoms with Crippen LogP contribution in [0.1, 0.15) is 34.6 Å². The summed E-state index contributed by atoms with van der Waals surface area (Å²) in [4.78, 5) is 0. The molecule has 0 aromatic rings. The summed E-state index contributed by atoms with van der Waals surface area (Å²) in [7, 11) is -3.01. The Labute approximate surface area is 81.6 Å². The Hall–Kier alpha value is -0.0900. The first-order valence-electron chi connectivity index (χ1n) is 4.60. The topological polar surface area (TPSA) is 60.2 Å². The van der Waals surface area contributed by atoms with Gasteiger partial charge in [-0.15, -0.1) is 0 Å². The molecule has 0 spiro atoms. The van der Waals surface area contributed by atoms with Crippen LogP contribution in [0.5, 0.6) is 0 Å². The molecular weight excluding hydrogens is 186 g/mol. The van der Waals surface area contributed by atoms with Crippen LogP contribution in [-0.4, -0.2) is 25.5 Å². The van der Waals surface area contributed by atoms with Gasteiger partial charge in [0.05, 0.1) is 5.25 Å². The van der Waals surface area contributed by atoms with Crippen molar-refractivity contribution in [1.29, 1.82) is 0 Å². The molecule has 0 aliphatic carbocycles. The van der Waals surface area contributed by atoms with Crippen molar-refractivity contribution in [2.24, 2.45) is 11.1 Å². The molecule has 2 N–H and O–H groups in total. The minimum absolute atomic E-state index is 0.165. The maximum Gasteiger partial charge on any atom is 0.154 e. The molecule has 0 amide bonds. The van der Waals surface area contributed by atoms with Crippen molar-refractivity contribution in [1.82, 2.24) is 0 Å². The smallest absolute Gasteiger partial charge is 0.154 e. The van der Waals surface area contributed by atoms with Crippen molar-refractivity contribution in [3.63, 3.8) is 0 Å². The highest BCUT2D eigenvalue weighted by molar-refractivity contribution is 7.92. The van der Waals surface area contributed by atoms with Gasteiger partial charge in [-0.3, -0.25) is 0 Å². The molecule has 4 heteroatoms. The lowest BCUT2D eigenvalue weighted by Crippen LogP contribution is -2.47. The number of sulfone groups is 1. The van der Waals surface area contributed by atoms with E-state index in [4.69, 9.17) is 5.73 Å². The second kappa shape index (κ2) is 3.96.